The third kappa shape index (κ3) is 5.31. The molecule has 4 aliphatic rings. The zero-order chi connectivity index (χ0) is 29.7. The molecule has 1 aromatic heterocycles. The third-order valence-electron chi connectivity index (χ3n) is 10.1. The molecular weight excluding hydrogens is 543 g/mol. The maximum absolute atomic E-state index is 14.0. The number of ether oxygens (including phenoxy) is 1. The smallest absolute Gasteiger partial charge is 0.319 e. The van der Waals surface area contributed by atoms with Crippen molar-refractivity contribution in [1.82, 2.24) is 19.8 Å². The number of nitriles is 1. The molecule has 7 rings (SSSR count). The molecule has 3 aromatic rings. The molecule has 2 saturated heterocycles. The van der Waals surface area contributed by atoms with Crippen LogP contribution in [0.25, 0.3) is 22.0 Å². The molecule has 2 aliphatic carbocycles. The van der Waals surface area contributed by atoms with Gasteiger partial charge >= 0.3 is 6.01 Å². The summed E-state index contributed by atoms with van der Waals surface area (Å²) < 4.78 is 20.3. The van der Waals surface area contributed by atoms with Gasteiger partial charge in [0, 0.05) is 31.1 Å². The molecule has 2 aromatic carbocycles. The number of anilines is 1. The van der Waals surface area contributed by atoms with Crippen LogP contribution in [0.1, 0.15) is 50.2 Å². The van der Waals surface area contributed by atoms with Gasteiger partial charge in [-0.2, -0.15) is 15.2 Å². The topological polar surface area (TPSA) is 85.6 Å². The van der Waals surface area contributed by atoms with Crippen LogP contribution in [0.15, 0.2) is 36.4 Å². The molecule has 3 fully saturated rings. The van der Waals surface area contributed by atoms with E-state index in [0.717, 1.165) is 48.1 Å². The fourth-order valence-electron chi connectivity index (χ4n) is 7.42. The second-order valence-electron chi connectivity index (χ2n) is 13.1. The van der Waals surface area contributed by atoms with E-state index in [1.54, 1.807) is 0 Å². The van der Waals surface area contributed by atoms with Crippen LogP contribution >= 0.6 is 0 Å². The van der Waals surface area contributed by atoms with E-state index in [0.29, 0.717) is 43.7 Å². The largest absolute Gasteiger partial charge is 0.462 e. The molecule has 9 heteroatoms. The van der Waals surface area contributed by atoms with Gasteiger partial charge in [-0.05, 0) is 98.8 Å². The fraction of sp³-hybridized carbons (Fsp3) is 0.529. The van der Waals surface area contributed by atoms with Gasteiger partial charge in [0.05, 0.1) is 24.0 Å². The van der Waals surface area contributed by atoms with Crippen molar-refractivity contribution in [3.8, 4) is 23.2 Å². The van der Waals surface area contributed by atoms with E-state index in [9.17, 15) is 14.4 Å². The number of fused-ring (bicyclic) bond motifs is 2. The summed E-state index contributed by atoms with van der Waals surface area (Å²) in [6, 6.07) is 15.5. The van der Waals surface area contributed by atoms with E-state index in [4.69, 9.17) is 14.7 Å². The van der Waals surface area contributed by atoms with Gasteiger partial charge in [-0.15, -0.1) is 0 Å². The monoisotopic (exact) mass is 582 g/mol. The quantitative estimate of drug-likeness (QED) is 0.390. The Morgan fingerprint density at radius 1 is 1.16 bits per heavy atom. The predicted octanol–water partition coefficient (Wildman–Crippen LogP) is 4.94. The normalized spacial score (nSPS) is 23.4. The molecule has 43 heavy (non-hydrogen) atoms. The first-order chi connectivity index (χ1) is 20.8. The first-order valence-corrected chi connectivity index (χ1v) is 15.7. The van der Waals surface area contributed by atoms with E-state index in [-0.39, 0.29) is 6.42 Å². The van der Waals surface area contributed by atoms with Crippen molar-refractivity contribution in [2.75, 3.05) is 44.7 Å². The van der Waals surface area contributed by atoms with Crippen molar-refractivity contribution >= 4 is 22.6 Å². The fourth-order valence-corrected chi connectivity index (χ4v) is 7.42. The van der Waals surface area contributed by atoms with E-state index < -0.39 is 18.1 Å². The van der Waals surface area contributed by atoms with Gasteiger partial charge < -0.3 is 19.4 Å². The maximum Gasteiger partial charge on any atom is 0.319 e. The van der Waals surface area contributed by atoms with Crippen molar-refractivity contribution in [3.63, 3.8) is 0 Å². The lowest BCUT2D eigenvalue weighted by Gasteiger charge is -2.41. The van der Waals surface area contributed by atoms with Gasteiger partial charge in [0.15, 0.2) is 6.17 Å². The zero-order valence-corrected chi connectivity index (χ0v) is 25.1. The number of nitrogens with zero attached hydrogens (tertiary/aromatic N) is 6. The van der Waals surface area contributed by atoms with Crippen LogP contribution in [0, 0.1) is 16.7 Å². The van der Waals surface area contributed by atoms with Gasteiger partial charge in [0.2, 0.25) is 0 Å². The number of halogens is 1. The molecule has 0 N–H and O–H groups in total. The van der Waals surface area contributed by atoms with Gasteiger partial charge in [-0.25, -0.2) is 4.39 Å². The second-order valence-corrected chi connectivity index (χ2v) is 13.1. The van der Waals surface area contributed by atoms with Crippen LogP contribution in [0.2, 0.25) is 0 Å². The Balaban J connectivity index is 1.25. The number of rotatable bonds is 7. The number of hydrogen-bond donors (Lipinski definition) is 0. The number of aromatic nitrogens is 2. The highest BCUT2D eigenvalue weighted by Crippen LogP contribution is 2.57. The van der Waals surface area contributed by atoms with E-state index in [2.05, 4.69) is 59.3 Å². The van der Waals surface area contributed by atoms with Crippen LogP contribution in [0.4, 0.5) is 10.2 Å². The SMILES string of the molecule is CC(F)C(=O)N1CCN(c2nc(OC[C@@H]3CCCN3C)nc3cc(-c4cccc5c4CC4(CC4)C5)ccc23)C[C@@H]1CC#N. The lowest BCUT2D eigenvalue weighted by molar-refractivity contribution is -0.138. The average Bonchev–Trinajstić information content (AvgIpc) is 3.45. The highest BCUT2D eigenvalue weighted by molar-refractivity contribution is 5.93. The second kappa shape index (κ2) is 11.1. The Hall–Kier alpha value is -3.77. The van der Waals surface area contributed by atoms with Crippen LogP contribution in [-0.4, -0.2) is 83.8 Å². The molecule has 3 atom stereocenters. The molecule has 8 nitrogen and oxygen atoms in total. The molecule has 2 aliphatic heterocycles. The summed E-state index contributed by atoms with van der Waals surface area (Å²) in [6.07, 6.45) is 5.74. The summed E-state index contributed by atoms with van der Waals surface area (Å²) in [6.45, 7) is 4.02. The zero-order valence-electron chi connectivity index (χ0n) is 25.1. The Bertz CT molecular complexity index is 1600. The molecule has 224 valence electrons. The number of piperazine rings is 1. The van der Waals surface area contributed by atoms with Crippen LogP contribution in [0.5, 0.6) is 6.01 Å². The van der Waals surface area contributed by atoms with Crippen molar-refractivity contribution in [3.05, 3.63) is 47.5 Å². The van der Waals surface area contributed by atoms with Crippen molar-refractivity contribution in [2.45, 2.75) is 70.1 Å². The Morgan fingerprint density at radius 3 is 2.77 bits per heavy atom. The number of benzene rings is 2. The van der Waals surface area contributed by atoms with Crippen molar-refractivity contribution < 1.29 is 13.9 Å². The van der Waals surface area contributed by atoms with Gasteiger partial charge in [-0.3, -0.25) is 4.79 Å². The van der Waals surface area contributed by atoms with Crippen LogP contribution < -0.4 is 9.64 Å². The molecule has 0 radical (unpaired) electrons. The molecule has 0 bridgehead atoms. The van der Waals surface area contributed by atoms with Crippen molar-refractivity contribution in [2.24, 2.45) is 5.41 Å². The Kier molecular flexibility index (Phi) is 7.21. The summed E-state index contributed by atoms with van der Waals surface area (Å²) in [7, 11) is 2.12. The first kappa shape index (κ1) is 28.0. The summed E-state index contributed by atoms with van der Waals surface area (Å²) in [5.74, 6) is 0.162. The molecule has 1 spiro atoms. The molecule has 1 saturated carbocycles. The van der Waals surface area contributed by atoms with E-state index >= 15 is 0 Å². The minimum absolute atomic E-state index is 0.125. The number of alkyl halides is 1. The van der Waals surface area contributed by atoms with Crippen LogP contribution in [-0.2, 0) is 17.6 Å². The standard InChI is InChI=1S/C34H39FN6O2/c1-22(35)32(42)41-16-15-40(20-25(41)10-13-36)31-28-9-8-23(27-7-3-5-24-18-34(11-12-34)19-29(24)27)17-30(28)37-33(38-31)43-21-26-6-4-14-39(26)2/h3,5,7-9,17,22,25-26H,4,6,10-12,14-16,18-21H2,1-2H3/t22?,25-,26-/m0/s1. The number of likely N-dealkylation sites (N-methyl/N-ethyl adjacent to an activating group) is 1. The lowest BCUT2D eigenvalue weighted by atomic mass is 9.95. The summed E-state index contributed by atoms with van der Waals surface area (Å²) in [5, 5.41) is 10.4. The highest BCUT2D eigenvalue weighted by atomic mass is 19.1. The number of amides is 1. The average molecular weight is 583 g/mol. The Morgan fingerprint density at radius 2 is 2.02 bits per heavy atom. The summed E-state index contributed by atoms with van der Waals surface area (Å²) in [4.78, 5) is 28.4. The number of hydrogen-bond acceptors (Lipinski definition) is 7. The maximum atomic E-state index is 14.0. The van der Waals surface area contributed by atoms with Gasteiger partial charge in [-0.1, -0.05) is 24.3 Å². The molecular formula is C34H39FN6O2. The summed E-state index contributed by atoms with van der Waals surface area (Å²) >= 11 is 0. The van der Waals surface area contributed by atoms with E-state index in [1.165, 1.54) is 47.8 Å². The summed E-state index contributed by atoms with van der Waals surface area (Å²) in [5.41, 5.74) is 6.66. The molecule has 3 heterocycles. The first-order valence-electron chi connectivity index (χ1n) is 15.7. The van der Waals surface area contributed by atoms with Crippen molar-refractivity contribution in [1.29, 1.82) is 5.26 Å². The molecule has 1 amide bonds. The number of likely N-dealkylation sites (tertiary alicyclic amines) is 1. The highest BCUT2D eigenvalue weighted by Gasteiger charge is 2.47. The van der Waals surface area contributed by atoms with Gasteiger partial charge in [0.1, 0.15) is 12.4 Å². The van der Waals surface area contributed by atoms with Crippen LogP contribution in [0.3, 0.4) is 0 Å². The number of carbonyl (C=O) groups is 1. The lowest BCUT2D eigenvalue weighted by Crippen LogP contribution is -2.56. The minimum Gasteiger partial charge on any atom is -0.462 e. The van der Waals surface area contributed by atoms with E-state index in [1.807, 2.05) is 0 Å². The Labute approximate surface area is 252 Å². The van der Waals surface area contributed by atoms with Gasteiger partial charge in [0.25, 0.3) is 5.91 Å². The number of carbonyl (C=O) groups excluding carboxylic acids is 1. The third-order valence-corrected chi connectivity index (χ3v) is 10.1. The minimum atomic E-state index is -1.60. The predicted molar refractivity (Wildman–Crippen MR) is 164 cm³/mol. The molecule has 1 unspecified atom stereocenters.